The molecule has 0 aliphatic heterocycles. The van der Waals surface area contributed by atoms with Gasteiger partial charge in [0.05, 0.1) is 0 Å². The molecule has 23 heavy (non-hydrogen) atoms. The Kier molecular flexibility index (Phi) is 5.75. The Balaban J connectivity index is 0.000000160. The summed E-state index contributed by atoms with van der Waals surface area (Å²) in [6.45, 7) is 8.62. The maximum absolute atomic E-state index is 2.18. The zero-order chi connectivity index (χ0) is 15.7. The van der Waals surface area contributed by atoms with Crippen LogP contribution in [0.2, 0.25) is 0 Å². The minimum atomic E-state index is 0. The molecule has 0 saturated heterocycles. The molecule has 0 unspecified atom stereocenters. The molecule has 0 bridgehead atoms. The van der Waals surface area contributed by atoms with Crippen LogP contribution >= 0.6 is 0 Å². The number of benzene rings is 2. The van der Waals surface area contributed by atoms with Crippen LogP contribution in [0.1, 0.15) is 22.3 Å². The molecule has 0 fully saturated rings. The van der Waals surface area contributed by atoms with Crippen molar-refractivity contribution in [3.05, 3.63) is 82.9 Å². The van der Waals surface area contributed by atoms with Gasteiger partial charge in [0.2, 0.25) is 0 Å². The maximum Gasteiger partial charge on any atom is 0 e. The first kappa shape index (κ1) is 17.9. The average Bonchev–Trinajstić information content (AvgIpc) is 3.17. The van der Waals surface area contributed by atoms with E-state index in [1.54, 1.807) is 0 Å². The van der Waals surface area contributed by atoms with Gasteiger partial charge in [-0.25, -0.2) is 0 Å². The Morgan fingerprint density at radius 1 is 0.522 bits per heavy atom. The molecule has 4 aromatic rings. The van der Waals surface area contributed by atoms with Crippen LogP contribution in [0.3, 0.4) is 0 Å². The molecule has 0 radical (unpaired) electrons. The second-order valence-corrected chi connectivity index (χ2v) is 6.10. The zero-order valence-corrected chi connectivity index (χ0v) is 17.9. The minimum Gasteiger partial charge on any atom is -0.168 e. The quantitative estimate of drug-likeness (QED) is 0.210. The molecule has 0 aliphatic rings. The first-order chi connectivity index (χ1) is 10.6. The Labute approximate surface area is 157 Å². The van der Waals surface area contributed by atoms with Crippen molar-refractivity contribution in [3.63, 3.8) is 0 Å². The SMILES string of the molecule is Cc1ccc(C)c2[cH-]ccc12.Cc1ccc(C)c2[cH-]ccc12.[Hf]. The molecule has 116 valence electrons. The van der Waals surface area contributed by atoms with E-state index in [0.717, 1.165) is 0 Å². The molecule has 0 nitrogen and oxygen atoms in total. The number of aryl methyl sites for hydroxylation is 4. The second kappa shape index (κ2) is 7.40. The third-order valence-electron chi connectivity index (χ3n) is 4.50. The van der Waals surface area contributed by atoms with Gasteiger partial charge in [-0.1, -0.05) is 37.1 Å². The van der Waals surface area contributed by atoms with Crippen LogP contribution in [0, 0.1) is 27.7 Å². The van der Waals surface area contributed by atoms with E-state index in [-0.39, 0.29) is 25.8 Å². The van der Waals surface area contributed by atoms with Crippen molar-refractivity contribution in [1.82, 2.24) is 0 Å². The molecule has 0 saturated carbocycles. The van der Waals surface area contributed by atoms with E-state index >= 15 is 0 Å². The number of hydrogen-bond acceptors (Lipinski definition) is 0. The van der Waals surface area contributed by atoms with Crippen LogP contribution in [0.25, 0.3) is 21.5 Å². The first-order valence-corrected chi connectivity index (χ1v) is 7.81. The molecule has 0 spiro atoms. The van der Waals surface area contributed by atoms with E-state index in [4.69, 9.17) is 0 Å². The Morgan fingerprint density at radius 2 is 0.870 bits per heavy atom. The van der Waals surface area contributed by atoms with Gasteiger partial charge in [-0.3, -0.25) is 0 Å². The predicted molar refractivity (Wildman–Crippen MR) is 98.0 cm³/mol. The van der Waals surface area contributed by atoms with Gasteiger partial charge in [-0.05, 0) is 13.8 Å². The number of hydrogen-bond donors (Lipinski definition) is 0. The van der Waals surface area contributed by atoms with Crippen LogP contribution in [-0.4, -0.2) is 0 Å². The van der Waals surface area contributed by atoms with Crippen molar-refractivity contribution in [2.75, 3.05) is 0 Å². The zero-order valence-electron chi connectivity index (χ0n) is 14.3. The summed E-state index contributed by atoms with van der Waals surface area (Å²) >= 11 is 0. The van der Waals surface area contributed by atoms with Gasteiger partial charge in [0.15, 0.2) is 0 Å². The molecular weight excluding hydrogens is 443 g/mol. The Hall–Kier alpha value is -1.47. The summed E-state index contributed by atoms with van der Waals surface area (Å²) in [5.74, 6) is 0. The van der Waals surface area contributed by atoms with Crippen LogP contribution in [0.15, 0.2) is 60.7 Å². The summed E-state index contributed by atoms with van der Waals surface area (Å²) in [5.41, 5.74) is 5.48. The standard InChI is InChI=1S/2C11H11.Hf/c2*1-8-6-7-9(2)11-5-3-4-10(8)11;/h2*3-7H,1-2H3;/q2*-1;. The summed E-state index contributed by atoms with van der Waals surface area (Å²) in [6.07, 6.45) is 0. The van der Waals surface area contributed by atoms with E-state index in [0.29, 0.717) is 0 Å². The van der Waals surface area contributed by atoms with Crippen LogP contribution in [0.5, 0.6) is 0 Å². The van der Waals surface area contributed by atoms with Gasteiger partial charge < -0.3 is 0 Å². The summed E-state index contributed by atoms with van der Waals surface area (Å²) in [5, 5.41) is 5.57. The Bertz CT molecular complexity index is 772. The van der Waals surface area contributed by atoms with Gasteiger partial charge >= 0.3 is 0 Å². The van der Waals surface area contributed by atoms with Crippen molar-refractivity contribution in [1.29, 1.82) is 0 Å². The monoisotopic (exact) mass is 466 g/mol. The fourth-order valence-electron chi connectivity index (χ4n) is 3.07. The summed E-state index contributed by atoms with van der Waals surface area (Å²) < 4.78 is 0. The van der Waals surface area contributed by atoms with Gasteiger partial charge in [0.1, 0.15) is 0 Å². The van der Waals surface area contributed by atoms with Crippen molar-refractivity contribution in [3.8, 4) is 0 Å². The van der Waals surface area contributed by atoms with Crippen molar-refractivity contribution >= 4 is 21.5 Å². The first-order valence-electron chi connectivity index (χ1n) is 7.81. The van der Waals surface area contributed by atoms with Crippen molar-refractivity contribution in [2.24, 2.45) is 0 Å². The fourth-order valence-corrected chi connectivity index (χ4v) is 3.07. The van der Waals surface area contributed by atoms with E-state index in [1.807, 2.05) is 0 Å². The molecule has 0 heterocycles. The molecule has 0 amide bonds. The summed E-state index contributed by atoms with van der Waals surface area (Å²) in [6, 6.07) is 21.7. The van der Waals surface area contributed by atoms with Crippen LogP contribution in [0.4, 0.5) is 0 Å². The largest absolute Gasteiger partial charge is 0.168 e. The van der Waals surface area contributed by atoms with Crippen molar-refractivity contribution < 1.29 is 25.8 Å². The normalized spacial score (nSPS) is 10.3. The minimum absolute atomic E-state index is 0. The van der Waals surface area contributed by atoms with Crippen LogP contribution < -0.4 is 0 Å². The smallest absolute Gasteiger partial charge is 0 e. The molecule has 0 aromatic heterocycles. The number of rotatable bonds is 0. The molecule has 1 heteroatoms. The molecule has 0 aliphatic carbocycles. The molecule has 4 rings (SSSR count). The molecular formula is C22H22Hf-2. The third kappa shape index (κ3) is 3.56. The van der Waals surface area contributed by atoms with Crippen molar-refractivity contribution in [2.45, 2.75) is 27.7 Å². The fraction of sp³-hybridized carbons (Fsp3) is 0.182. The van der Waals surface area contributed by atoms with E-state index in [1.165, 1.54) is 43.8 Å². The van der Waals surface area contributed by atoms with E-state index < -0.39 is 0 Å². The van der Waals surface area contributed by atoms with Gasteiger partial charge in [-0.15, -0.1) is 56.9 Å². The molecule has 0 atom stereocenters. The predicted octanol–water partition coefficient (Wildman–Crippen LogP) is 6.35. The third-order valence-corrected chi connectivity index (χ3v) is 4.50. The topological polar surface area (TPSA) is 0 Å². The summed E-state index contributed by atoms with van der Waals surface area (Å²) in [4.78, 5) is 0. The van der Waals surface area contributed by atoms with E-state index in [9.17, 15) is 0 Å². The van der Waals surface area contributed by atoms with E-state index in [2.05, 4.69) is 88.4 Å². The average molecular weight is 465 g/mol. The number of fused-ring (bicyclic) bond motifs is 2. The molecule has 0 N–H and O–H groups in total. The van der Waals surface area contributed by atoms with Gasteiger partial charge in [0, 0.05) is 25.8 Å². The van der Waals surface area contributed by atoms with Gasteiger partial charge in [0.25, 0.3) is 0 Å². The van der Waals surface area contributed by atoms with Crippen LogP contribution in [-0.2, 0) is 25.8 Å². The Morgan fingerprint density at radius 3 is 1.22 bits per heavy atom. The van der Waals surface area contributed by atoms with Gasteiger partial charge in [-0.2, -0.15) is 24.3 Å². The second-order valence-electron chi connectivity index (χ2n) is 6.10. The summed E-state index contributed by atoms with van der Waals surface area (Å²) in [7, 11) is 0. The maximum atomic E-state index is 2.18. The molecule has 4 aromatic carbocycles.